The average Bonchev–Trinajstić information content (AvgIpc) is 2.89. The predicted octanol–water partition coefficient (Wildman–Crippen LogP) is 1.32. The maximum Gasteiger partial charge on any atom is 0.338 e. The van der Waals surface area contributed by atoms with Crippen LogP contribution in [0, 0.1) is 5.82 Å². The third-order valence-electron chi connectivity index (χ3n) is 3.35. The van der Waals surface area contributed by atoms with Crippen LogP contribution < -0.4 is 0 Å². The molecule has 1 aliphatic rings. The molecule has 0 saturated carbocycles. The number of rotatable bonds is 4. The summed E-state index contributed by atoms with van der Waals surface area (Å²) in [6.07, 6.45) is 1.00. The zero-order valence-electron chi connectivity index (χ0n) is 10.8. The summed E-state index contributed by atoms with van der Waals surface area (Å²) in [7, 11) is -4.26. The van der Waals surface area contributed by atoms with Gasteiger partial charge >= 0.3 is 5.97 Å². The maximum absolute atomic E-state index is 14.2. The second-order valence-corrected chi connectivity index (χ2v) is 6.96. The normalized spacial score (nSPS) is 19.9. The Labute approximate surface area is 125 Å². The van der Waals surface area contributed by atoms with E-state index in [4.69, 9.17) is 16.7 Å². The van der Waals surface area contributed by atoms with Crippen molar-refractivity contribution in [3.63, 3.8) is 0 Å². The Kier molecular flexibility index (Phi) is 4.52. The van der Waals surface area contributed by atoms with Gasteiger partial charge in [0.2, 0.25) is 10.0 Å². The van der Waals surface area contributed by atoms with Crippen LogP contribution in [0.2, 0.25) is 5.02 Å². The molecule has 0 aromatic heterocycles. The van der Waals surface area contributed by atoms with Crippen molar-refractivity contribution < 1.29 is 27.8 Å². The Bertz CT molecular complexity index is 678. The SMILES string of the molecule is O=C(O)c1cc(Cl)cc(S(=O)(=O)N2CCC[C@@H]2CO)c1F. The van der Waals surface area contributed by atoms with Crippen LogP contribution in [0.25, 0.3) is 0 Å². The Morgan fingerprint density at radius 3 is 2.71 bits per heavy atom. The molecule has 0 amide bonds. The van der Waals surface area contributed by atoms with Gasteiger partial charge in [0.25, 0.3) is 0 Å². The van der Waals surface area contributed by atoms with E-state index in [-0.39, 0.29) is 18.2 Å². The molecule has 0 radical (unpaired) electrons. The fraction of sp³-hybridized carbons (Fsp3) is 0.417. The van der Waals surface area contributed by atoms with Gasteiger partial charge in [0, 0.05) is 17.6 Å². The summed E-state index contributed by atoms with van der Waals surface area (Å²) in [6.45, 7) is -0.241. The van der Waals surface area contributed by atoms with E-state index in [1.165, 1.54) is 0 Å². The molecular formula is C12H13ClFNO5S. The molecule has 9 heteroatoms. The standard InChI is InChI=1S/C12H13ClFNO5S/c13-7-4-9(12(17)18)11(14)10(5-7)21(19,20)15-3-1-2-8(15)6-16/h4-5,8,16H,1-3,6H2,(H,17,18)/t8-/m1/s1. The summed E-state index contributed by atoms with van der Waals surface area (Å²) in [5.74, 6) is -2.96. The molecule has 1 aromatic carbocycles. The molecule has 21 heavy (non-hydrogen) atoms. The Balaban J connectivity index is 2.57. The van der Waals surface area contributed by atoms with E-state index < -0.39 is 38.3 Å². The second-order valence-electron chi connectivity index (χ2n) is 4.67. The third kappa shape index (κ3) is 2.89. The van der Waals surface area contributed by atoms with Gasteiger partial charge in [-0.1, -0.05) is 11.6 Å². The van der Waals surface area contributed by atoms with Gasteiger partial charge in [-0.3, -0.25) is 0 Å². The number of aliphatic hydroxyl groups excluding tert-OH is 1. The van der Waals surface area contributed by atoms with E-state index >= 15 is 0 Å². The van der Waals surface area contributed by atoms with E-state index in [1.54, 1.807) is 0 Å². The van der Waals surface area contributed by atoms with E-state index in [2.05, 4.69) is 0 Å². The minimum Gasteiger partial charge on any atom is -0.478 e. The highest BCUT2D eigenvalue weighted by atomic mass is 35.5. The first-order valence-corrected chi connectivity index (χ1v) is 7.96. The van der Waals surface area contributed by atoms with Crippen LogP contribution in [-0.2, 0) is 10.0 Å². The monoisotopic (exact) mass is 337 g/mol. The quantitative estimate of drug-likeness (QED) is 0.864. The molecule has 6 nitrogen and oxygen atoms in total. The molecule has 116 valence electrons. The summed E-state index contributed by atoms with van der Waals surface area (Å²) in [5.41, 5.74) is -0.805. The number of aliphatic hydroxyl groups is 1. The second kappa shape index (κ2) is 5.88. The fourth-order valence-electron chi connectivity index (χ4n) is 2.34. The first-order valence-electron chi connectivity index (χ1n) is 6.14. The van der Waals surface area contributed by atoms with Gasteiger partial charge in [0.1, 0.15) is 4.90 Å². The number of sulfonamides is 1. The highest BCUT2D eigenvalue weighted by Crippen LogP contribution is 2.30. The van der Waals surface area contributed by atoms with Crippen molar-refractivity contribution in [1.82, 2.24) is 4.31 Å². The summed E-state index contributed by atoms with van der Waals surface area (Å²) in [5, 5.41) is 17.9. The molecule has 0 unspecified atom stereocenters. The van der Waals surface area contributed by atoms with Crippen molar-refractivity contribution in [2.75, 3.05) is 13.2 Å². The minimum absolute atomic E-state index is 0.141. The van der Waals surface area contributed by atoms with Gasteiger partial charge in [-0.15, -0.1) is 0 Å². The van der Waals surface area contributed by atoms with E-state index in [9.17, 15) is 22.7 Å². The van der Waals surface area contributed by atoms with Crippen LogP contribution in [0.15, 0.2) is 17.0 Å². The summed E-state index contributed by atoms with van der Waals surface area (Å²) in [6, 6.07) is 1.10. The lowest BCUT2D eigenvalue weighted by Gasteiger charge is -2.23. The number of aromatic carboxylic acids is 1. The molecule has 0 bridgehead atoms. The highest BCUT2D eigenvalue weighted by molar-refractivity contribution is 7.89. The Hall–Kier alpha value is -1.22. The Morgan fingerprint density at radius 2 is 2.14 bits per heavy atom. The number of halogens is 2. The van der Waals surface area contributed by atoms with Gasteiger partial charge in [0.05, 0.1) is 12.2 Å². The smallest absolute Gasteiger partial charge is 0.338 e. The summed E-state index contributed by atoms with van der Waals surface area (Å²) < 4.78 is 40.1. The van der Waals surface area contributed by atoms with Crippen molar-refractivity contribution in [2.24, 2.45) is 0 Å². The van der Waals surface area contributed by atoms with E-state index in [0.29, 0.717) is 12.8 Å². The van der Waals surface area contributed by atoms with Crippen LogP contribution in [0.1, 0.15) is 23.2 Å². The van der Waals surface area contributed by atoms with Crippen LogP contribution in [0.3, 0.4) is 0 Å². The molecule has 1 heterocycles. The van der Waals surface area contributed by atoms with Crippen molar-refractivity contribution in [1.29, 1.82) is 0 Å². The molecule has 0 spiro atoms. The lowest BCUT2D eigenvalue weighted by atomic mass is 10.2. The van der Waals surface area contributed by atoms with Gasteiger partial charge < -0.3 is 10.2 Å². The largest absolute Gasteiger partial charge is 0.478 e. The first kappa shape index (κ1) is 16.2. The molecule has 1 atom stereocenters. The average molecular weight is 338 g/mol. The van der Waals surface area contributed by atoms with Gasteiger partial charge in [-0.05, 0) is 25.0 Å². The summed E-state index contributed by atoms with van der Waals surface area (Å²) in [4.78, 5) is 10.2. The molecule has 0 aliphatic carbocycles. The zero-order valence-corrected chi connectivity index (χ0v) is 12.4. The minimum atomic E-state index is -4.26. The van der Waals surface area contributed by atoms with Crippen LogP contribution in [0.4, 0.5) is 4.39 Å². The number of hydrogen-bond acceptors (Lipinski definition) is 4. The highest BCUT2D eigenvalue weighted by Gasteiger charge is 2.37. The maximum atomic E-state index is 14.2. The zero-order chi connectivity index (χ0) is 15.8. The van der Waals surface area contributed by atoms with Crippen molar-refractivity contribution >= 4 is 27.6 Å². The predicted molar refractivity (Wildman–Crippen MR) is 72.4 cm³/mol. The van der Waals surface area contributed by atoms with Crippen LogP contribution in [0.5, 0.6) is 0 Å². The van der Waals surface area contributed by atoms with Gasteiger partial charge in [-0.25, -0.2) is 17.6 Å². The number of carboxylic acids is 1. The lowest BCUT2D eigenvalue weighted by Crippen LogP contribution is -2.38. The number of benzene rings is 1. The van der Waals surface area contributed by atoms with Crippen molar-refractivity contribution in [2.45, 2.75) is 23.8 Å². The Morgan fingerprint density at radius 1 is 1.48 bits per heavy atom. The fourth-order valence-corrected chi connectivity index (χ4v) is 4.42. The number of nitrogens with zero attached hydrogens (tertiary/aromatic N) is 1. The molecule has 2 rings (SSSR count). The molecule has 1 aromatic rings. The number of carboxylic acid groups (broad SMARTS) is 1. The van der Waals surface area contributed by atoms with Crippen molar-refractivity contribution in [3.8, 4) is 0 Å². The topological polar surface area (TPSA) is 94.9 Å². The third-order valence-corrected chi connectivity index (χ3v) is 5.52. The molecule has 2 N–H and O–H groups in total. The van der Waals surface area contributed by atoms with Crippen LogP contribution >= 0.6 is 11.6 Å². The van der Waals surface area contributed by atoms with Crippen LogP contribution in [-0.4, -0.2) is 48.1 Å². The van der Waals surface area contributed by atoms with Gasteiger partial charge in [-0.2, -0.15) is 4.31 Å². The number of hydrogen-bond donors (Lipinski definition) is 2. The molecular weight excluding hydrogens is 325 g/mol. The van der Waals surface area contributed by atoms with Gasteiger partial charge in [0.15, 0.2) is 5.82 Å². The summed E-state index contributed by atoms with van der Waals surface area (Å²) >= 11 is 5.69. The lowest BCUT2D eigenvalue weighted by molar-refractivity contribution is 0.0691. The first-order chi connectivity index (χ1) is 9.78. The number of carbonyl (C=O) groups is 1. The van der Waals surface area contributed by atoms with Crippen molar-refractivity contribution in [3.05, 3.63) is 28.5 Å². The van der Waals surface area contributed by atoms with E-state index in [1.807, 2.05) is 0 Å². The molecule has 1 saturated heterocycles. The van der Waals surface area contributed by atoms with E-state index in [0.717, 1.165) is 16.4 Å². The molecule has 1 fully saturated rings. The molecule has 1 aliphatic heterocycles.